The van der Waals surface area contributed by atoms with E-state index >= 15 is 0 Å². The van der Waals surface area contributed by atoms with Crippen LogP contribution in [0.15, 0.2) is 12.1 Å². The predicted molar refractivity (Wildman–Crippen MR) is 51.9 cm³/mol. The quantitative estimate of drug-likeness (QED) is 0.732. The van der Waals surface area contributed by atoms with Crippen molar-refractivity contribution in [2.45, 2.75) is 6.42 Å². The van der Waals surface area contributed by atoms with Crippen LogP contribution in [0.25, 0.3) is 0 Å². The van der Waals surface area contributed by atoms with Crippen molar-refractivity contribution in [3.63, 3.8) is 0 Å². The molecular weight excluding hydrogens is 197 g/mol. The molecule has 0 saturated carbocycles. The third-order valence-corrected chi connectivity index (χ3v) is 2.74. The fourth-order valence-electron chi connectivity index (χ4n) is 0.890. The van der Waals surface area contributed by atoms with Gasteiger partial charge in [-0.1, -0.05) is 11.6 Å². The summed E-state index contributed by atoms with van der Waals surface area (Å²) in [5, 5.41) is 2.98. The zero-order valence-electron chi connectivity index (χ0n) is 6.65. The standard InChI is InChI=1S/C8H11ClFNS/c9-8-2-1-7(12-8)3-5-11-6-4-10/h1-2,11H,3-6H2. The maximum Gasteiger partial charge on any atom is 0.102 e. The third-order valence-electron chi connectivity index (χ3n) is 1.45. The fraction of sp³-hybridized carbons (Fsp3) is 0.500. The van der Waals surface area contributed by atoms with Crippen LogP contribution in [0, 0.1) is 0 Å². The van der Waals surface area contributed by atoms with Crippen LogP contribution in [0.3, 0.4) is 0 Å². The molecule has 0 aromatic carbocycles. The number of alkyl halides is 1. The minimum atomic E-state index is -0.300. The second kappa shape index (κ2) is 5.51. The molecule has 68 valence electrons. The molecule has 1 N–H and O–H groups in total. The van der Waals surface area contributed by atoms with E-state index in [0.717, 1.165) is 17.3 Å². The molecule has 1 heterocycles. The number of rotatable bonds is 5. The lowest BCUT2D eigenvalue weighted by molar-refractivity contribution is 0.468. The fourth-order valence-corrected chi connectivity index (χ4v) is 1.98. The highest BCUT2D eigenvalue weighted by atomic mass is 35.5. The van der Waals surface area contributed by atoms with E-state index in [1.807, 2.05) is 12.1 Å². The molecule has 0 fully saturated rings. The summed E-state index contributed by atoms with van der Waals surface area (Å²) < 4.78 is 12.5. The van der Waals surface area contributed by atoms with Crippen molar-refractivity contribution in [1.29, 1.82) is 0 Å². The average Bonchev–Trinajstić information content (AvgIpc) is 2.45. The third kappa shape index (κ3) is 3.52. The van der Waals surface area contributed by atoms with Crippen LogP contribution in [0.5, 0.6) is 0 Å². The molecule has 0 radical (unpaired) electrons. The van der Waals surface area contributed by atoms with Gasteiger partial charge in [-0.3, -0.25) is 0 Å². The minimum absolute atomic E-state index is 0.300. The first-order valence-corrected chi connectivity index (χ1v) is 5.03. The highest BCUT2D eigenvalue weighted by molar-refractivity contribution is 7.16. The smallest absolute Gasteiger partial charge is 0.102 e. The van der Waals surface area contributed by atoms with Crippen molar-refractivity contribution in [1.82, 2.24) is 5.32 Å². The van der Waals surface area contributed by atoms with E-state index in [0.29, 0.717) is 6.54 Å². The Morgan fingerprint density at radius 3 is 2.83 bits per heavy atom. The molecule has 12 heavy (non-hydrogen) atoms. The van der Waals surface area contributed by atoms with Gasteiger partial charge in [-0.15, -0.1) is 11.3 Å². The molecule has 0 saturated heterocycles. The Hall–Kier alpha value is -0.120. The molecule has 0 aliphatic carbocycles. The van der Waals surface area contributed by atoms with Crippen LogP contribution in [-0.2, 0) is 6.42 Å². The van der Waals surface area contributed by atoms with Gasteiger partial charge in [0.1, 0.15) is 6.67 Å². The summed E-state index contributed by atoms with van der Waals surface area (Å²) in [4.78, 5) is 1.24. The molecule has 1 rings (SSSR count). The second-order valence-electron chi connectivity index (χ2n) is 2.39. The SMILES string of the molecule is FCCNCCc1ccc(Cl)s1. The van der Waals surface area contributed by atoms with Gasteiger partial charge in [0.2, 0.25) is 0 Å². The molecule has 0 atom stereocenters. The van der Waals surface area contributed by atoms with Gasteiger partial charge >= 0.3 is 0 Å². The van der Waals surface area contributed by atoms with Crippen molar-refractivity contribution in [3.8, 4) is 0 Å². The highest BCUT2D eigenvalue weighted by Crippen LogP contribution is 2.21. The van der Waals surface area contributed by atoms with E-state index in [1.54, 1.807) is 11.3 Å². The van der Waals surface area contributed by atoms with Crippen LogP contribution >= 0.6 is 22.9 Å². The van der Waals surface area contributed by atoms with Gasteiger partial charge in [-0.2, -0.15) is 0 Å². The topological polar surface area (TPSA) is 12.0 Å². The molecule has 0 bridgehead atoms. The summed E-state index contributed by atoms with van der Waals surface area (Å²) in [5.74, 6) is 0. The van der Waals surface area contributed by atoms with Gasteiger partial charge in [0.05, 0.1) is 4.34 Å². The number of thiophene rings is 1. The van der Waals surface area contributed by atoms with Crippen LogP contribution < -0.4 is 5.32 Å². The zero-order chi connectivity index (χ0) is 8.81. The minimum Gasteiger partial charge on any atom is -0.314 e. The normalized spacial score (nSPS) is 10.5. The van der Waals surface area contributed by atoms with Gasteiger partial charge in [0, 0.05) is 18.0 Å². The average molecular weight is 208 g/mol. The van der Waals surface area contributed by atoms with Gasteiger partial charge in [0.25, 0.3) is 0 Å². The predicted octanol–water partition coefficient (Wildman–Crippen LogP) is 2.50. The Morgan fingerprint density at radius 1 is 1.42 bits per heavy atom. The largest absolute Gasteiger partial charge is 0.314 e. The van der Waals surface area contributed by atoms with Crippen molar-refractivity contribution in [2.24, 2.45) is 0 Å². The molecule has 0 unspecified atom stereocenters. The van der Waals surface area contributed by atoms with Crippen molar-refractivity contribution >= 4 is 22.9 Å². The van der Waals surface area contributed by atoms with Crippen molar-refractivity contribution < 1.29 is 4.39 Å². The lowest BCUT2D eigenvalue weighted by Crippen LogP contribution is -2.19. The highest BCUT2D eigenvalue weighted by Gasteiger charge is 1.96. The van der Waals surface area contributed by atoms with Gasteiger partial charge in [-0.25, -0.2) is 4.39 Å². The molecule has 0 spiro atoms. The van der Waals surface area contributed by atoms with Gasteiger partial charge in [-0.05, 0) is 18.6 Å². The lowest BCUT2D eigenvalue weighted by Gasteiger charge is -1.98. The zero-order valence-corrected chi connectivity index (χ0v) is 8.22. The number of hydrogen-bond donors (Lipinski definition) is 1. The summed E-state index contributed by atoms with van der Waals surface area (Å²) in [5.41, 5.74) is 0. The first kappa shape index (κ1) is 9.96. The molecule has 1 aromatic heterocycles. The Bertz CT molecular complexity index is 227. The van der Waals surface area contributed by atoms with Crippen LogP contribution in [0.1, 0.15) is 4.88 Å². The van der Waals surface area contributed by atoms with Crippen LogP contribution in [-0.4, -0.2) is 19.8 Å². The second-order valence-corrected chi connectivity index (χ2v) is 4.19. The van der Waals surface area contributed by atoms with Gasteiger partial charge in [0.15, 0.2) is 0 Å². The lowest BCUT2D eigenvalue weighted by atomic mass is 10.3. The summed E-state index contributed by atoms with van der Waals surface area (Å²) in [6.07, 6.45) is 0.928. The van der Waals surface area contributed by atoms with Gasteiger partial charge < -0.3 is 5.32 Å². The van der Waals surface area contributed by atoms with E-state index in [1.165, 1.54) is 4.88 Å². The molecule has 1 aromatic rings. The van der Waals surface area contributed by atoms with E-state index in [9.17, 15) is 4.39 Å². The maximum absolute atomic E-state index is 11.6. The molecule has 1 nitrogen and oxygen atoms in total. The number of halogens is 2. The molecule has 0 aliphatic heterocycles. The molecule has 4 heteroatoms. The maximum atomic E-state index is 11.6. The van der Waals surface area contributed by atoms with E-state index in [2.05, 4.69) is 5.32 Å². The summed E-state index contributed by atoms with van der Waals surface area (Å²) in [6.45, 7) is 0.963. The Kier molecular flexibility index (Phi) is 4.58. The molecule has 0 amide bonds. The Labute approximate surface area is 80.6 Å². The van der Waals surface area contributed by atoms with Crippen molar-refractivity contribution in [2.75, 3.05) is 19.8 Å². The number of nitrogens with one attached hydrogen (secondary N) is 1. The Balaban J connectivity index is 2.15. The molecule has 0 aliphatic rings. The summed E-state index contributed by atoms with van der Waals surface area (Å²) >= 11 is 7.32. The Morgan fingerprint density at radius 2 is 2.25 bits per heavy atom. The monoisotopic (exact) mass is 207 g/mol. The van der Waals surface area contributed by atoms with E-state index in [-0.39, 0.29) is 6.67 Å². The number of hydrogen-bond acceptors (Lipinski definition) is 2. The van der Waals surface area contributed by atoms with Crippen LogP contribution in [0.4, 0.5) is 4.39 Å². The molecular formula is C8H11ClFNS. The van der Waals surface area contributed by atoms with Crippen LogP contribution in [0.2, 0.25) is 4.34 Å². The summed E-state index contributed by atoms with van der Waals surface area (Å²) in [6, 6.07) is 3.89. The van der Waals surface area contributed by atoms with E-state index < -0.39 is 0 Å². The summed E-state index contributed by atoms with van der Waals surface area (Å²) in [7, 11) is 0. The first-order valence-electron chi connectivity index (χ1n) is 3.84. The van der Waals surface area contributed by atoms with E-state index in [4.69, 9.17) is 11.6 Å². The van der Waals surface area contributed by atoms with Crippen molar-refractivity contribution in [3.05, 3.63) is 21.3 Å². The first-order chi connectivity index (χ1) is 5.83.